The van der Waals surface area contributed by atoms with Crippen LogP contribution >= 0.6 is 0 Å². The van der Waals surface area contributed by atoms with Crippen molar-refractivity contribution in [1.82, 2.24) is 15.2 Å². The number of aryl methyl sites for hydroxylation is 1. The maximum Gasteiger partial charge on any atom is 0.350 e. The van der Waals surface area contributed by atoms with Crippen molar-refractivity contribution in [2.24, 2.45) is 5.10 Å². The fourth-order valence-electron chi connectivity index (χ4n) is 3.48. The summed E-state index contributed by atoms with van der Waals surface area (Å²) in [6.07, 6.45) is 1.31. The van der Waals surface area contributed by atoms with E-state index in [1.807, 2.05) is 0 Å². The molecule has 1 N–H and O–H groups in total. The Bertz CT molecular complexity index is 1410. The molecular weight excluding hydrogens is 488 g/mol. The Morgan fingerprint density at radius 3 is 2.43 bits per heavy atom. The minimum absolute atomic E-state index is 0.0200. The van der Waals surface area contributed by atoms with Gasteiger partial charge in [-0.25, -0.2) is 10.2 Å². The van der Waals surface area contributed by atoms with Crippen LogP contribution in [0.5, 0.6) is 11.5 Å². The third-order valence-corrected chi connectivity index (χ3v) is 5.32. The number of nitro groups is 2. The van der Waals surface area contributed by atoms with Crippen LogP contribution in [0.15, 0.2) is 47.6 Å². The van der Waals surface area contributed by atoms with E-state index in [9.17, 15) is 29.8 Å². The van der Waals surface area contributed by atoms with Crippen molar-refractivity contribution in [3.05, 3.63) is 85.2 Å². The Hall–Kier alpha value is -5.14. The molecule has 0 fully saturated rings. The predicted octanol–water partition coefficient (Wildman–Crippen LogP) is 3.26. The molecular formula is C23H22N6O8. The second-order valence-electron chi connectivity index (χ2n) is 7.71. The van der Waals surface area contributed by atoms with E-state index in [1.165, 1.54) is 81.2 Å². The van der Waals surface area contributed by atoms with E-state index in [0.29, 0.717) is 5.56 Å². The van der Waals surface area contributed by atoms with Crippen molar-refractivity contribution in [1.29, 1.82) is 0 Å². The third-order valence-electron chi connectivity index (χ3n) is 5.32. The molecule has 0 bridgehead atoms. The average molecular weight is 510 g/mol. The molecule has 14 heteroatoms. The van der Waals surface area contributed by atoms with Crippen LogP contribution in [-0.4, -0.2) is 44.8 Å². The lowest BCUT2D eigenvalue weighted by Crippen LogP contribution is -2.28. The highest BCUT2D eigenvalue weighted by molar-refractivity contribution is 5.95. The Balaban J connectivity index is 1.71. The summed E-state index contributed by atoms with van der Waals surface area (Å²) in [5.74, 6) is -1.33. The number of hydrogen-bond acceptors (Lipinski definition) is 10. The van der Waals surface area contributed by atoms with Crippen LogP contribution in [0.25, 0.3) is 0 Å². The standard InChI is InChI=1S/C23H22N6O8/c1-13-21(29(34)35)14(2)27(26-13)15(3)22(30)25-24-12-16-9-10-19(20(11-16)36-4)37-23(31)17-7-5-6-8-18(17)28(32)33/h5-12,15H,1-4H3,(H,25,30)/b24-12+. The first kappa shape index (κ1) is 26.5. The van der Waals surface area contributed by atoms with Crippen LogP contribution in [0, 0.1) is 34.1 Å². The van der Waals surface area contributed by atoms with Crippen LogP contribution in [0.4, 0.5) is 11.4 Å². The maximum absolute atomic E-state index is 12.5. The number of carbonyl (C=O) groups is 2. The van der Waals surface area contributed by atoms with Gasteiger partial charge < -0.3 is 9.47 Å². The molecule has 3 aromatic rings. The summed E-state index contributed by atoms with van der Waals surface area (Å²) in [6.45, 7) is 4.51. The molecule has 0 saturated carbocycles. The molecule has 1 amide bonds. The van der Waals surface area contributed by atoms with E-state index in [4.69, 9.17) is 9.47 Å². The zero-order chi connectivity index (χ0) is 27.3. The van der Waals surface area contributed by atoms with Gasteiger partial charge in [-0.2, -0.15) is 10.2 Å². The van der Waals surface area contributed by atoms with Gasteiger partial charge in [0.2, 0.25) is 0 Å². The molecule has 0 spiro atoms. The van der Waals surface area contributed by atoms with Gasteiger partial charge in [-0.1, -0.05) is 12.1 Å². The fraction of sp³-hybridized carbons (Fsp3) is 0.217. The largest absolute Gasteiger partial charge is 0.493 e. The van der Waals surface area contributed by atoms with Gasteiger partial charge in [0.1, 0.15) is 23.0 Å². The van der Waals surface area contributed by atoms with E-state index in [1.54, 1.807) is 0 Å². The second kappa shape index (κ2) is 11.1. The first-order valence-electron chi connectivity index (χ1n) is 10.7. The minimum atomic E-state index is -0.933. The van der Waals surface area contributed by atoms with Crippen LogP contribution < -0.4 is 14.9 Å². The summed E-state index contributed by atoms with van der Waals surface area (Å²) < 4.78 is 11.8. The summed E-state index contributed by atoms with van der Waals surface area (Å²) in [6, 6.07) is 8.92. The SMILES string of the molecule is COc1cc(/C=N/NC(=O)C(C)n2nc(C)c([N+](=O)[O-])c2C)ccc1OC(=O)c1ccccc1[N+](=O)[O-]. The summed E-state index contributed by atoms with van der Waals surface area (Å²) in [7, 11) is 1.34. The van der Waals surface area contributed by atoms with E-state index in [0.717, 1.165) is 0 Å². The number of aromatic nitrogens is 2. The van der Waals surface area contributed by atoms with Crippen molar-refractivity contribution >= 4 is 29.5 Å². The van der Waals surface area contributed by atoms with Gasteiger partial charge in [0.25, 0.3) is 11.6 Å². The summed E-state index contributed by atoms with van der Waals surface area (Å²) in [5, 5.41) is 30.3. The first-order valence-corrected chi connectivity index (χ1v) is 10.7. The van der Waals surface area contributed by atoms with E-state index < -0.39 is 33.5 Å². The molecule has 0 saturated heterocycles. The van der Waals surface area contributed by atoms with E-state index in [2.05, 4.69) is 15.6 Å². The summed E-state index contributed by atoms with van der Waals surface area (Å²) in [4.78, 5) is 46.1. The zero-order valence-corrected chi connectivity index (χ0v) is 20.2. The molecule has 3 rings (SSSR count). The molecule has 1 unspecified atom stereocenters. The number of benzene rings is 2. The van der Waals surface area contributed by atoms with Crippen LogP contribution in [0.3, 0.4) is 0 Å². The van der Waals surface area contributed by atoms with Crippen molar-refractivity contribution < 1.29 is 28.9 Å². The highest BCUT2D eigenvalue weighted by Gasteiger charge is 2.27. The van der Waals surface area contributed by atoms with Crippen LogP contribution in [0.1, 0.15) is 40.3 Å². The van der Waals surface area contributed by atoms with Gasteiger partial charge in [0.15, 0.2) is 11.5 Å². The molecule has 1 aromatic heterocycles. The third kappa shape index (κ3) is 5.75. The number of esters is 1. The molecule has 2 aromatic carbocycles. The van der Waals surface area contributed by atoms with Gasteiger partial charge in [0, 0.05) is 6.07 Å². The lowest BCUT2D eigenvalue weighted by atomic mass is 10.2. The number of hydrazone groups is 1. The van der Waals surface area contributed by atoms with Crippen LogP contribution in [-0.2, 0) is 4.79 Å². The number of nitro benzene ring substituents is 1. The summed E-state index contributed by atoms with van der Waals surface area (Å²) in [5.41, 5.74) is 2.49. The topological polar surface area (TPSA) is 181 Å². The Kier molecular flexibility index (Phi) is 7.92. The second-order valence-corrected chi connectivity index (χ2v) is 7.71. The molecule has 0 aliphatic heterocycles. The Morgan fingerprint density at radius 2 is 1.81 bits per heavy atom. The van der Waals surface area contributed by atoms with Gasteiger partial charge in [-0.05, 0) is 50.6 Å². The summed E-state index contributed by atoms with van der Waals surface area (Å²) >= 11 is 0. The smallest absolute Gasteiger partial charge is 0.350 e. The lowest BCUT2D eigenvalue weighted by Gasteiger charge is -2.12. The quantitative estimate of drug-likeness (QED) is 0.148. The predicted molar refractivity (Wildman–Crippen MR) is 130 cm³/mol. The lowest BCUT2D eigenvalue weighted by molar-refractivity contribution is -0.386. The monoisotopic (exact) mass is 510 g/mol. The van der Waals surface area contributed by atoms with E-state index >= 15 is 0 Å². The molecule has 0 radical (unpaired) electrons. The van der Waals surface area contributed by atoms with Crippen molar-refractivity contribution in [2.75, 3.05) is 7.11 Å². The van der Waals surface area contributed by atoms with Crippen molar-refractivity contribution in [3.63, 3.8) is 0 Å². The van der Waals surface area contributed by atoms with Gasteiger partial charge in [-0.3, -0.25) is 29.7 Å². The minimum Gasteiger partial charge on any atom is -0.493 e. The van der Waals surface area contributed by atoms with Crippen LogP contribution in [0.2, 0.25) is 0 Å². The van der Waals surface area contributed by atoms with Gasteiger partial charge in [0.05, 0.1) is 23.2 Å². The number of nitrogens with one attached hydrogen (secondary N) is 1. The average Bonchev–Trinajstić information content (AvgIpc) is 3.17. The Morgan fingerprint density at radius 1 is 1.11 bits per heavy atom. The molecule has 1 heterocycles. The highest BCUT2D eigenvalue weighted by Crippen LogP contribution is 2.30. The molecule has 37 heavy (non-hydrogen) atoms. The number of amides is 1. The highest BCUT2D eigenvalue weighted by atomic mass is 16.6. The van der Waals surface area contributed by atoms with Gasteiger partial charge in [-0.15, -0.1) is 0 Å². The number of hydrogen-bond donors (Lipinski definition) is 1. The number of methoxy groups -OCH3 is 1. The van der Waals surface area contributed by atoms with Gasteiger partial charge >= 0.3 is 11.7 Å². The number of para-hydroxylation sites is 1. The Labute approximate surface area is 209 Å². The zero-order valence-electron chi connectivity index (χ0n) is 20.2. The molecule has 0 aliphatic rings. The number of carbonyl (C=O) groups excluding carboxylic acids is 2. The maximum atomic E-state index is 12.5. The normalized spacial score (nSPS) is 11.7. The number of rotatable bonds is 9. The molecule has 14 nitrogen and oxygen atoms in total. The van der Waals surface area contributed by atoms with E-state index in [-0.39, 0.29) is 34.1 Å². The van der Waals surface area contributed by atoms with Crippen molar-refractivity contribution in [2.45, 2.75) is 26.8 Å². The first-order chi connectivity index (χ1) is 17.5. The molecule has 192 valence electrons. The number of nitrogens with zero attached hydrogens (tertiary/aromatic N) is 5. The molecule has 1 atom stereocenters. The molecule has 0 aliphatic carbocycles. The van der Waals surface area contributed by atoms with Crippen molar-refractivity contribution in [3.8, 4) is 11.5 Å². The number of ether oxygens (including phenoxy) is 2. The fourth-order valence-corrected chi connectivity index (χ4v) is 3.48.